The van der Waals surface area contributed by atoms with Crippen LogP contribution in [-0.4, -0.2) is 23.3 Å². The maximum Gasteiger partial charge on any atom is 0.254 e. The van der Waals surface area contributed by atoms with E-state index in [9.17, 15) is 18.4 Å². The lowest BCUT2D eigenvalue weighted by atomic mass is 10.2. The highest BCUT2D eigenvalue weighted by Crippen LogP contribution is 2.40. The first kappa shape index (κ1) is 17.1. The molecule has 3 aromatic rings. The first-order chi connectivity index (χ1) is 13.0. The lowest BCUT2D eigenvalue weighted by molar-refractivity contribution is -0.115. The van der Waals surface area contributed by atoms with Gasteiger partial charge in [-0.1, -0.05) is 0 Å². The van der Waals surface area contributed by atoms with E-state index in [2.05, 4.69) is 15.6 Å². The van der Waals surface area contributed by atoms with Crippen molar-refractivity contribution < 1.29 is 22.8 Å². The highest BCUT2D eigenvalue weighted by Gasteiger charge is 2.28. The standard InChI is InChI=1S/C19H15F2N3O3/c20-11-3-5-13(14(21)7-11)18(26)22-9-17(25)23-12-4-6-16-15(8-12)24-19(27-16)10-1-2-10/h3-8,10H,1-2,9H2,(H,22,26)(H,23,25). The fourth-order valence-electron chi connectivity index (χ4n) is 2.66. The summed E-state index contributed by atoms with van der Waals surface area (Å²) in [6, 6.07) is 7.68. The van der Waals surface area contributed by atoms with E-state index in [0.29, 0.717) is 34.7 Å². The van der Waals surface area contributed by atoms with Crippen LogP contribution < -0.4 is 10.6 Å². The molecular formula is C19H15F2N3O3. The quantitative estimate of drug-likeness (QED) is 0.720. The molecule has 6 nitrogen and oxygen atoms in total. The minimum atomic E-state index is -0.990. The summed E-state index contributed by atoms with van der Waals surface area (Å²) >= 11 is 0. The lowest BCUT2D eigenvalue weighted by Gasteiger charge is -2.07. The van der Waals surface area contributed by atoms with Crippen molar-refractivity contribution in [3.63, 3.8) is 0 Å². The van der Waals surface area contributed by atoms with Crippen molar-refractivity contribution in [3.8, 4) is 0 Å². The number of hydrogen-bond donors (Lipinski definition) is 2. The molecule has 138 valence electrons. The summed E-state index contributed by atoms with van der Waals surface area (Å²) < 4.78 is 32.1. The number of anilines is 1. The van der Waals surface area contributed by atoms with Crippen LogP contribution in [0.15, 0.2) is 40.8 Å². The summed E-state index contributed by atoms with van der Waals surface area (Å²) in [7, 11) is 0. The Hall–Kier alpha value is -3.29. The zero-order valence-corrected chi connectivity index (χ0v) is 14.1. The molecule has 8 heteroatoms. The third kappa shape index (κ3) is 3.79. The van der Waals surface area contributed by atoms with Crippen LogP contribution >= 0.6 is 0 Å². The third-order valence-corrected chi connectivity index (χ3v) is 4.20. The van der Waals surface area contributed by atoms with E-state index in [1.165, 1.54) is 0 Å². The molecule has 0 spiro atoms. The van der Waals surface area contributed by atoms with Crippen molar-refractivity contribution in [1.82, 2.24) is 10.3 Å². The molecule has 0 radical (unpaired) electrons. The number of nitrogens with zero attached hydrogens (tertiary/aromatic N) is 1. The molecule has 1 fully saturated rings. The van der Waals surface area contributed by atoms with E-state index < -0.39 is 23.4 Å². The van der Waals surface area contributed by atoms with E-state index in [1.54, 1.807) is 18.2 Å². The van der Waals surface area contributed by atoms with Gasteiger partial charge in [-0.05, 0) is 43.2 Å². The van der Waals surface area contributed by atoms with E-state index in [4.69, 9.17) is 4.42 Å². The zero-order chi connectivity index (χ0) is 19.0. The predicted molar refractivity (Wildman–Crippen MR) is 93.3 cm³/mol. The maximum absolute atomic E-state index is 13.6. The molecule has 1 aliphatic carbocycles. The van der Waals surface area contributed by atoms with Gasteiger partial charge in [0.05, 0.1) is 12.1 Å². The second-order valence-electron chi connectivity index (χ2n) is 6.36. The summed E-state index contributed by atoms with van der Waals surface area (Å²) in [4.78, 5) is 28.3. The summed E-state index contributed by atoms with van der Waals surface area (Å²) in [5.74, 6) is -1.97. The van der Waals surface area contributed by atoms with Crippen molar-refractivity contribution in [2.45, 2.75) is 18.8 Å². The van der Waals surface area contributed by atoms with Gasteiger partial charge in [-0.3, -0.25) is 9.59 Å². The van der Waals surface area contributed by atoms with Crippen LogP contribution in [0.4, 0.5) is 14.5 Å². The Morgan fingerprint density at radius 1 is 1.15 bits per heavy atom. The predicted octanol–water partition coefficient (Wildman–Crippen LogP) is 3.35. The molecule has 0 bridgehead atoms. The molecule has 0 atom stereocenters. The van der Waals surface area contributed by atoms with E-state index >= 15 is 0 Å². The summed E-state index contributed by atoms with van der Waals surface area (Å²) in [5.41, 5.74) is 1.47. The number of fused-ring (bicyclic) bond motifs is 1. The van der Waals surface area contributed by atoms with Gasteiger partial charge in [-0.2, -0.15) is 0 Å². The molecule has 4 rings (SSSR count). The highest BCUT2D eigenvalue weighted by molar-refractivity contribution is 6.00. The largest absolute Gasteiger partial charge is 0.440 e. The minimum absolute atomic E-state index is 0.333. The summed E-state index contributed by atoms with van der Waals surface area (Å²) in [6.45, 7) is -0.361. The Labute approximate surface area is 152 Å². The van der Waals surface area contributed by atoms with Crippen LogP contribution in [0, 0.1) is 11.6 Å². The maximum atomic E-state index is 13.6. The Morgan fingerprint density at radius 2 is 1.96 bits per heavy atom. The lowest BCUT2D eigenvalue weighted by Crippen LogP contribution is -2.33. The van der Waals surface area contributed by atoms with Crippen LogP contribution in [0.2, 0.25) is 0 Å². The van der Waals surface area contributed by atoms with Gasteiger partial charge in [0.2, 0.25) is 5.91 Å². The van der Waals surface area contributed by atoms with Crippen molar-refractivity contribution in [2.75, 3.05) is 11.9 Å². The van der Waals surface area contributed by atoms with E-state index in [-0.39, 0.29) is 12.1 Å². The molecule has 1 heterocycles. The first-order valence-electron chi connectivity index (χ1n) is 8.43. The zero-order valence-electron chi connectivity index (χ0n) is 14.1. The number of hydrogen-bond acceptors (Lipinski definition) is 4. The number of carbonyl (C=O) groups excluding carboxylic acids is 2. The highest BCUT2D eigenvalue weighted by atomic mass is 19.1. The Morgan fingerprint density at radius 3 is 2.70 bits per heavy atom. The smallest absolute Gasteiger partial charge is 0.254 e. The Bertz CT molecular complexity index is 1040. The molecule has 1 aliphatic rings. The van der Waals surface area contributed by atoms with Gasteiger partial charge in [-0.15, -0.1) is 0 Å². The van der Waals surface area contributed by atoms with Crippen molar-refractivity contribution in [3.05, 3.63) is 59.5 Å². The molecular weight excluding hydrogens is 356 g/mol. The van der Waals surface area contributed by atoms with Crippen molar-refractivity contribution in [1.29, 1.82) is 0 Å². The second-order valence-corrected chi connectivity index (χ2v) is 6.36. The van der Waals surface area contributed by atoms with Crippen LogP contribution in [0.5, 0.6) is 0 Å². The second kappa shape index (κ2) is 6.79. The first-order valence-corrected chi connectivity index (χ1v) is 8.43. The van der Waals surface area contributed by atoms with Crippen LogP contribution in [0.1, 0.15) is 35.0 Å². The topological polar surface area (TPSA) is 84.2 Å². The van der Waals surface area contributed by atoms with Gasteiger partial charge in [0, 0.05) is 17.7 Å². The van der Waals surface area contributed by atoms with Gasteiger partial charge in [0.25, 0.3) is 5.91 Å². The molecule has 0 aliphatic heterocycles. The fraction of sp³-hybridized carbons (Fsp3) is 0.211. The van der Waals surface area contributed by atoms with Gasteiger partial charge < -0.3 is 15.1 Å². The molecule has 27 heavy (non-hydrogen) atoms. The average molecular weight is 371 g/mol. The van der Waals surface area contributed by atoms with Crippen molar-refractivity contribution >= 4 is 28.6 Å². The molecule has 1 aromatic heterocycles. The van der Waals surface area contributed by atoms with Crippen molar-refractivity contribution in [2.24, 2.45) is 0 Å². The average Bonchev–Trinajstić information content (AvgIpc) is 3.39. The van der Waals surface area contributed by atoms with Gasteiger partial charge in [0.1, 0.15) is 17.2 Å². The minimum Gasteiger partial charge on any atom is -0.440 e. The number of nitrogens with one attached hydrogen (secondary N) is 2. The van der Waals surface area contributed by atoms with E-state index in [0.717, 1.165) is 25.0 Å². The molecule has 0 saturated heterocycles. The van der Waals surface area contributed by atoms with Gasteiger partial charge >= 0.3 is 0 Å². The normalized spacial score (nSPS) is 13.6. The molecule has 2 N–H and O–H groups in total. The number of carbonyl (C=O) groups is 2. The number of aromatic nitrogens is 1. The number of rotatable bonds is 5. The Kier molecular flexibility index (Phi) is 4.31. The van der Waals surface area contributed by atoms with Gasteiger partial charge in [0.15, 0.2) is 11.5 Å². The SMILES string of the molecule is O=C(CNC(=O)c1ccc(F)cc1F)Nc1ccc2oc(C3CC3)nc2c1. The molecule has 2 amide bonds. The Balaban J connectivity index is 1.37. The number of amides is 2. The number of oxazole rings is 1. The number of benzene rings is 2. The van der Waals surface area contributed by atoms with E-state index in [1.807, 2.05) is 0 Å². The van der Waals surface area contributed by atoms with Gasteiger partial charge in [-0.25, -0.2) is 13.8 Å². The summed E-state index contributed by atoms with van der Waals surface area (Å²) in [6.07, 6.45) is 2.15. The molecule has 0 unspecified atom stereocenters. The molecule has 2 aromatic carbocycles. The fourth-order valence-corrected chi connectivity index (χ4v) is 2.66. The summed E-state index contributed by atoms with van der Waals surface area (Å²) in [5, 5.41) is 4.93. The monoisotopic (exact) mass is 371 g/mol. The molecule has 1 saturated carbocycles. The third-order valence-electron chi connectivity index (χ3n) is 4.20. The van der Waals surface area contributed by atoms with Crippen LogP contribution in [0.25, 0.3) is 11.1 Å². The van der Waals surface area contributed by atoms with Crippen LogP contribution in [0.3, 0.4) is 0 Å². The van der Waals surface area contributed by atoms with Crippen LogP contribution in [-0.2, 0) is 4.79 Å². The number of halogens is 2.